The zero-order valence-corrected chi connectivity index (χ0v) is 15.4. The number of benzene rings is 2. The highest BCUT2D eigenvalue weighted by molar-refractivity contribution is 5.95. The topological polar surface area (TPSA) is 37.7 Å². The molecule has 5 heteroatoms. The van der Waals surface area contributed by atoms with Crippen LogP contribution in [-0.4, -0.2) is 48.7 Å². The molecule has 1 aliphatic rings. The number of anilines is 1. The molecule has 0 aliphatic carbocycles. The van der Waals surface area contributed by atoms with Crippen molar-refractivity contribution < 1.29 is 9.53 Å². The average Bonchev–Trinajstić information content (AvgIpc) is 3.28. The van der Waals surface area contributed by atoms with Gasteiger partial charge in [0.05, 0.1) is 12.8 Å². The molecule has 1 aromatic heterocycles. The summed E-state index contributed by atoms with van der Waals surface area (Å²) < 4.78 is 7.48. The Balaban J connectivity index is 1.45. The number of aromatic nitrogens is 1. The zero-order valence-electron chi connectivity index (χ0n) is 15.4. The van der Waals surface area contributed by atoms with Crippen molar-refractivity contribution in [3.05, 3.63) is 78.6 Å². The Hall–Kier alpha value is -3.21. The Kier molecular flexibility index (Phi) is 4.83. The van der Waals surface area contributed by atoms with Gasteiger partial charge in [0.2, 0.25) is 0 Å². The molecule has 0 bridgehead atoms. The van der Waals surface area contributed by atoms with Crippen LogP contribution in [0, 0.1) is 0 Å². The summed E-state index contributed by atoms with van der Waals surface area (Å²) in [7, 11) is 1.69. The molecule has 0 spiro atoms. The summed E-state index contributed by atoms with van der Waals surface area (Å²) in [6.07, 6.45) is 3.96. The third-order valence-electron chi connectivity index (χ3n) is 4.99. The Morgan fingerprint density at radius 2 is 1.63 bits per heavy atom. The zero-order chi connectivity index (χ0) is 18.6. The smallest absolute Gasteiger partial charge is 0.254 e. The summed E-state index contributed by atoms with van der Waals surface area (Å²) in [5.41, 5.74) is 2.81. The van der Waals surface area contributed by atoms with Gasteiger partial charge in [-0.3, -0.25) is 4.79 Å². The maximum Gasteiger partial charge on any atom is 0.254 e. The number of amides is 1. The molecule has 3 aromatic rings. The standard InChI is InChI=1S/C22H23N3O2/c1-27-21-10-3-2-9-20(21)24-13-15-25(16-14-24)22(26)18-7-6-8-19(17-18)23-11-4-5-12-23/h2-12,17H,13-16H2,1H3. The summed E-state index contributed by atoms with van der Waals surface area (Å²) >= 11 is 0. The van der Waals surface area contributed by atoms with Gasteiger partial charge in [0.25, 0.3) is 5.91 Å². The van der Waals surface area contributed by atoms with Crippen molar-refractivity contribution in [2.75, 3.05) is 38.2 Å². The van der Waals surface area contributed by atoms with Crippen LogP contribution in [0.5, 0.6) is 5.75 Å². The molecule has 1 fully saturated rings. The Morgan fingerprint density at radius 3 is 2.37 bits per heavy atom. The number of methoxy groups -OCH3 is 1. The summed E-state index contributed by atoms with van der Waals surface area (Å²) in [5, 5.41) is 0. The van der Waals surface area contributed by atoms with E-state index in [4.69, 9.17) is 4.74 Å². The Bertz CT molecular complexity index is 913. The van der Waals surface area contributed by atoms with Gasteiger partial charge in [0.1, 0.15) is 5.75 Å². The molecule has 138 valence electrons. The van der Waals surface area contributed by atoms with Crippen LogP contribution in [0.2, 0.25) is 0 Å². The third kappa shape index (κ3) is 3.53. The minimum atomic E-state index is 0.0867. The van der Waals surface area contributed by atoms with E-state index in [1.54, 1.807) is 7.11 Å². The monoisotopic (exact) mass is 361 g/mol. The number of rotatable bonds is 4. The highest BCUT2D eigenvalue weighted by Crippen LogP contribution is 2.28. The van der Waals surface area contributed by atoms with Gasteiger partial charge >= 0.3 is 0 Å². The third-order valence-corrected chi connectivity index (χ3v) is 4.99. The molecule has 4 rings (SSSR count). The van der Waals surface area contributed by atoms with Crippen molar-refractivity contribution in [1.29, 1.82) is 0 Å². The van der Waals surface area contributed by atoms with Crippen LogP contribution in [0.3, 0.4) is 0 Å². The number of hydrogen-bond acceptors (Lipinski definition) is 3. The lowest BCUT2D eigenvalue weighted by molar-refractivity contribution is 0.0746. The molecule has 1 amide bonds. The fraction of sp³-hybridized carbons (Fsp3) is 0.227. The summed E-state index contributed by atoms with van der Waals surface area (Å²) in [4.78, 5) is 17.2. The molecule has 0 saturated carbocycles. The first-order valence-electron chi connectivity index (χ1n) is 9.17. The van der Waals surface area contributed by atoms with Gasteiger partial charge in [-0.15, -0.1) is 0 Å². The lowest BCUT2D eigenvalue weighted by atomic mass is 10.1. The van der Waals surface area contributed by atoms with Crippen LogP contribution in [0.25, 0.3) is 5.69 Å². The Morgan fingerprint density at radius 1 is 0.889 bits per heavy atom. The maximum atomic E-state index is 13.0. The number of hydrogen-bond donors (Lipinski definition) is 0. The van der Waals surface area contributed by atoms with E-state index in [-0.39, 0.29) is 5.91 Å². The summed E-state index contributed by atoms with van der Waals surface area (Å²) in [6, 6.07) is 19.8. The molecule has 1 aliphatic heterocycles. The van der Waals surface area contributed by atoms with Gasteiger partial charge < -0.3 is 19.1 Å². The molecule has 2 aromatic carbocycles. The number of ether oxygens (including phenoxy) is 1. The number of carbonyl (C=O) groups excluding carboxylic acids is 1. The molecule has 0 radical (unpaired) electrons. The second-order valence-electron chi connectivity index (χ2n) is 6.59. The summed E-state index contributed by atoms with van der Waals surface area (Å²) in [5.74, 6) is 0.959. The van der Waals surface area contributed by atoms with Gasteiger partial charge in [-0.05, 0) is 42.5 Å². The van der Waals surface area contributed by atoms with Crippen molar-refractivity contribution >= 4 is 11.6 Å². The predicted octanol–water partition coefficient (Wildman–Crippen LogP) is 3.45. The van der Waals surface area contributed by atoms with Gasteiger partial charge in [-0.1, -0.05) is 18.2 Å². The number of nitrogens with zero attached hydrogens (tertiary/aromatic N) is 3. The largest absolute Gasteiger partial charge is 0.495 e. The minimum Gasteiger partial charge on any atom is -0.495 e. The van der Waals surface area contributed by atoms with Crippen LogP contribution < -0.4 is 9.64 Å². The van der Waals surface area contributed by atoms with E-state index in [9.17, 15) is 4.79 Å². The highest BCUT2D eigenvalue weighted by atomic mass is 16.5. The van der Waals surface area contributed by atoms with Gasteiger partial charge in [0.15, 0.2) is 0 Å². The quantitative estimate of drug-likeness (QED) is 0.714. The van der Waals surface area contributed by atoms with E-state index in [1.807, 2.05) is 76.5 Å². The number of carbonyl (C=O) groups is 1. The van der Waals surface area contributed by atoms with E-state index in [2.05, 4.69) is 11.0 Å². The lowest BCUT2D eigenvalue weighted by Gasteiger charge is -2.36. The molecule has 27 heavy (non-hydrogen) atoms. The van der Waals surface area contributed by atoms with Crippen LogP contribution in [0.4, 0.5) is 5.69 Å². The second-order valence-corrected chi connectivity index (χ2v) is 6.59. The molecular formula is C22H23N3O2. The van der Waals surface area contributed by atoms with Crippen molar-refractivity contribution in [2.45, 2.75) is 0 Å². The fourth-order valence-electron chi connectivity index (χ4n) is 3.53. The van der Waals surface area contributed by atoms with Crippen molar-refractivity contribution in [1.82, 2.24) is 9.47 Å². The number of para-hydroxylation sites is 2. The first-order chi connectivity index (χ1) is 13.3. The lowest BCUT2D eigenvalue weighted by Crippen LogP contribution is -2.48. The molecule has 0 unspecified atom stereocenters. The van der Waals surface area contributed by atoms with Crippen LogP contribution in [0.15, 0.2) is 73.1 Å². The maximum absolute atomic E-state index is 13.0. The molecule has 0 atom stereocenters. The molecule has 1 saturated heterocycles. The van der Waals surface area contributed by atoms with Crippen LogP contribution in [-0.2, 0) is 0 Å². The number of piperazine rings is 1. The van der Waals surface area contributed by atoms with Gasteiger partial charge in [-0.25, -0.2) is 0 Å². The first kappa shape index (κ1) is 17.2. The SMILES string of the molecule is COc1ccccc1N1CCN(C(=O)c2cccc(-n3cccc3)c2)CC1. The van der Waals surface area contributed by atoms with E-state index in [0.717, 1.165) is 35.8 Å². The van der Waals surface area contributed by atoms with E-state index in [0.29, 0.717) is 13.1 Å². The summed E-state index contributed by atoms with van der Waals surface area (Å²) in [6.45, 7) is 2.99. The van der Waals surface area contributed by atoms with E-state index >= 15 is 0 Å². The van der Waals surface area contributed by atoms with Crippen LogP contribution in [0.1, 0.15) is 10.4 Å². The first-order valence-corrected chi connectivity index (χ1v) is 9.17. The molecule has 5 nitrogen and oxygen atoms in total. The highest BCUT2D eigenvalue weighted by Gasteiger charge is 2.23. The molecular weight excluding hydrogens is 338 g/mol. The minimum absolute atomic E-state index is 0.0867. The van der Waals surface area contributed by atoms with Crippen LogP contribution >= 0.6 is 0 Å². The second kappa shape index (κ2) is 7.58. The van der Waals surface area contributed by atoms with E-state index < -0.39 is 0 Å². The van der Waals surface area contributed by atoms with Crippen molar-refractivity contribution in [3.8, 4) is 11.4 Å². The van der Waals surface area contributed by atoms with E-state index in [1.165, 1.54) is 0 Å². The average molecular weight is 361 g/mol. The molecule has 2 heterocycles. The van der Waals surface area contributed by atoms with Crippen molar-refractivity contribution in [2.24, 2.45) is 0 Å². The normalized spacial score (nSPS) is 14.3. The van der Waals surface area contributed by atoms with Gasteiger partial charge in [0, 0.05) is 49.8 Å². The Labute approximate surface area is 159 Å². The fourth-order valence-corrected chi connectivity index (χ4v) is 3.53. The molecule has 0 N–H and O–H groups in total. The van der Waals surface area contributed by atoms with Crippen molar-refractivity contribution in [3.63, 3.8) is 0 Å². The van der Waals surface area contributed by atoms with Gasteiger partial charge in [-0.2, -0.15) is 0 Å². The predicted molar refractivity (Wildman–Crippen MR) is 107 cm³/mol.